The summed E-state index contributed by atoms with van der Waals surface area (Å²) in [6.45, 7) is 1.62. The molecule has 0 bridgehead atoms. The van der Waals surface area contributed by atoms with Gasteiger partial charge in [-0.1, -0.05) is 0 Å². The van der Waals surface area contributed by atoms with Gasteiger partial charge in [-0.2, -0.15) is 11.8 Å². The minimum atomic E-state index is 0.0527. The second-order valence-electron chi connectivity index (χ2n) is 4.42. The maximum atomic E-state index is 12.5. The van der Waals surface area contributed by atoms with Crippen molar-refractivity contribution in [3.63, 3.8) is 0 Å². The number of fused-ring (bicyclic) bond motifs is 1. The zero-order valence-electron chi connectivity index (χ0n) is 10.7. The van der Waals surface area contributed by atoms with Gasteiger partial charge < -0.3 is 14.1 Å². The molecule has 100 valence electrons. The third kappa shape index (κ3) is 2.30. The number of ether oxygens (including phenoxy) is 1. The van der Waals surface area contributed by atoms with E-state index in [1.807, 2.05) is 22.7 Å². The minimum Gasteiger partial charge on any atom is -0.496 e. The number of amides is 1. The monoisotopic (exact) mass is 277 g/mol. The van der Waals surface area contributed by atoms with Gasteiger partial charge in [-0.15, -0.1) is 0 Å². The molecule has 0 N–H and O–H groups in total. The van der Waals surface area contributed by atoms with Crippen molar-refractivity contribution in [1.29, 1.82) is 0 Å². The number of hydrogen-bond acceptors (Lipinski definition) is 4. The molecule has 1 fully saturated rings. The van der Waals surface area contributed by atoms with Crippen molar-refractivity contribution >= 4 is 28.6 Å². The second-order valence-corrected chi connectivity index (χ2v) is 5.64. The molecule has 1 amide bonds. The Balaban J connectivity index is 1.97. The van der Waals surface area contributed by atoms with Crippen LogP contribution in [0.2, 0.25) is 0 Å². The molecule has 1 aliphatic rings. The van der Waals surface area contributed by atoms with Crippen LogP contribution < -0.4 is 4.74 Å². The molecule has 0 spiro atoms. The number of methoxy groups -OCH3 is 1. The fourth-order valence-electron chi connectivity index (χ4n) is 2.28. The van der Waals surface area contributed by atoms with Crippen LogP contribution in [0.4, 0.5) is 0 Å². The lowest BCUT2D eigenvalue weighted by atomic mass is 10.1. The highest BCUT2D eigenvalue weighted by atomic mass is 32.2. The first-order valence-corrected chi connectivity index (χ1v) is 7.37. The molecule has 1 aromatic carbocycles. The average Bonchev–Trinajstić information content (AvgIpc) is 2.94. The van der Waals surface area contributed by atoms with Gasteiger partial charge in [-0.25, -0.2) is 0 Å². The molecule has 0 aliphatic carbocycles. The number of rotatable bonds is 2. The number of hydrogen-bond donors (Lipinski definition) is 0. The molecule has 0 unspecified atom stereocenters. The second kappa shape index (κ2) is 5.17. The SMILES string of the molecule is COc1cc(C(=O)N2CCSCC2)cc2occc12. The molecule has 0 atom stereocenters. The highest BCUT2D eigenvalue weighted by Crippen LogP contribution is 2.29. The summed E-state index contributed by atoms with van der Waals surface area (Å²) in [6, 6.07) is 5.43. The summed E-state index contributed by atoms with van der Waals surface area (Å²) in [7, 11) is 1.60. The van der Waals surface area contributed by atoms with Crippen LogP contribution in [-0.2, 0) is 0 Å². The van der Waals surface area contributed by atoms with E-state index in [-0.39, 0.29) is 5.91 Å². The Morgan fingerprint density at radius 1 is 1.37 bits per heavy atom. The normalized spacial score (nSPS) is 15.7. The molecule has 1 aliphatic heterocycles. The van der Waals surface area contributed by atoms with Gasteiger partial charge in [-0.3, -0.25) is 4.79 Å². The lowest BCUT2D eigenvalue weighted by Gasteiger charge is -2.26. The van der Waals surface area contributed by atoms with Crippen LogP contribution in [0.5, 0.6) is 5.75 Å². The van der Waals surface area contributed by atoms with Crippen LogP contribution in [-0.4, -0.2) is 42.5 Å². The van der Waals surface area contributed by atoms with E-state index in [9.17, 15) is 4.79 Å². The molecule has 1 aromatic heterocycles. The van der Waals surface area contributed by atoms with Crippen molar-refractivity contribution in [2.45, 2.75) is 0 Å². The average molecular weight is 277 g/mol. The van der Waals surface area contributed by atoms with E-state index < -0.39 is 0 Å². The van der Waals surface area contributed by atoms with Crippen molar-refractivity contribution in [1.82, 2.24) is 4.90 Å². The molecule has 4 nitrogen and oxygen atoms in total. The standard InChI is InChI=1S/C14H15NO3S/c1-17-12-8-10(9-13-11(12)2-5-18-13)14(16)15-3-6-19-7-4-15/h2,5,8-9H,3-4,6-7H2,1H3. The third-order valence-electron chi connectivity index (χ3n) is 3.30. The molecule has 1 saturated heterocycles. The first-order valence-electron chi connectivity index (χ1n) is 6.22. The van der Waals surface area contributed by atoms with Crippen LogP contribution >= 0.6 is 11.8 Å². The van der Waals surface area contributed by atoms with E-state index in [0.717, 1.165) is 30.0 Å². The zero-order valence-corrected chi connectivity index (χ0v) is 11.5. The van der Waals surface area contributed by atoms with Gasteiger partial charge in [0.2, 0.25) is 0 Å². The fourth-order valence-corrected chi connectivity index (χ4v) is 3.18. The van der Waals surface area contributed by atoms with Crippen LogP contribution in [0.25, 0.3) is 11.0 Å². The van der Waals surface area contributed by atoms with Crippen molar-refractivity contribution in [3.05, 3.63) is 30.0 Å². The maximum Gasteiger partial charge on any atom is 0.254 e. The summed E-state index contributed by atoms with van der Waals surface area (Å²) in [4.78, 5) is 14.3. The third-order valence-corrected chi connectivity index (χ3v) is 4.24. The van der Waals surface area contributed by atoms with Crippen LogP contribution in [0.3, 0.4) is 0 Å². The summed E-state index contributed by atoms with van der Waals surface area (Å²) in [5.74, 6) is 2.75. The highest BCUT2D eigenvalue weighted by Gasteiger charge is 2.20. The first-order chi connectivity index (χ1) is 9.29. The Bertz CT molecular complexity index is 602. The molecule has 2 heterocycles. The van der Waals surface area contributed by atoms with Crippen molar-refractivity contribution < 1.29 is 13.9 Å². The van der Waals surface area contributed by atoms with Gasteiger partial charge >= 0.3 is 0 Å². The first kappa shape index (κ1) is 12.4. The summed E-state index contributed by atoms with van der Waals surface area (Å²) < 4.78 is 10.7. The Hall–Kier alpha value is -1.62. The van der Waals surface area contributed by atoms with Crippen molar-refractivity contribution in [2.24, 2.45) is 0 Å². The summed E-state index contributed by atoms with van der Waals surface area (Å²) in [5.41, 5.74) is 1.32. The summed E-state index contributed by atoms with van der Waals surface area (Å²) in [5, 5.41) is 0.897. The Labute approximate surface area is 115 Å². The number of benzene rings is 1. The van der Waals surface area contributed by atoms with Gasteiger partial charge in [0.1, 0.15) is 11.3 Å². The number of carbonyl (C=O) groups excluding carboxylic acids is 1. The number of thioether (sulfide) groups is 1. The molecule has 0 saturated carbocycles. The smallest absolute Gasteiger partial charge is 0.254 e. The van der Waals surface area contributed by atoms with Gasteiger partial charge in [0.25, 0.3) is 5.91 Å². The number of nitrogens with zero attached hydrogens (tertiary/aromatic N) is 1. The predicted octanol–water partition coefficient (Wildman–Crippen LogP) is 2.63. The molecule has 0 radical (unpaired) electrons. The Morgan fingerprint density at radius 3 is 2.89 bits per heavy atom. The topological polar surface area (TPSA) is 42.7 Å². The summed E-state index contributed by atoms with van der Waals surface area (Å²) in [6.07, 6.45) is 1.61. The fraction of sp³-hybridized carbons (Fsp3) is 0.357. The summed E-state index contributed by atoms with van der Waals surface area (Å²) >= 11 is 1.89. The van der Waals surface area contributed by atoms with E-state index in [1.165, 1.54) is 0 Å². The van der Waals surface area contributed by atoms with Crippen LogP contribution in [0.15, 0.2) is 28.9 Å². The molecular weight excluding hydrogens is 262 g/mol. The number of furan rings is 1. The lowest BCUT2D eigenvalue weighted by molar-refractivity contribution is 0.0772. The molecule has 19 heavy (non-hydrogen) atoms. The Kier molecular flexibility index (Phi) is 3.38. The van der Waals surface area contributed by atoms with Gasteiger partial charge in [0.15, 0.2) is 0 Å². The number of carbonyl (C=O) groups is 1. The molecular formula is C14H15NO3S. The van der Waals surface area contributed by atoms with E-state index >= 15 is 0 Å². The predicted molar refractivity (Wildman–Crippen MR) is 76.0 cm³/mol. The largest absolute Gasteiger partial charge is 0.496 e. The van der Waals surface area contributed by atoms with Crippen molar-refractivity contribution in [2.75, 3.05) is 31.7 Å². The molecule has 3 rings (SSSR count). The van der Waals surface area contributed by atoms with E-state index in [2.05, 4.69) is 0 Å². The molecule has 5 heteroatoms. The van der Waals surface area contributed by atoms with Crippen molar-refractivity contribution in [3.8, 4) is 5.75 Å². The maximum absolute atomic E-state index is 12.5. The highest BCUT2D eigenvalue weighted by molar-refractivity contribution is 7.99. The Morgan fingerprint density at radius 2 is 2.16 bits per heavy atom. The molecule has 2 aromatic rings. The van der Waals surface area contributed by atoms with Crippen LogP contribution in [0, 0.1) is 0 Å². The van der Waals surface area contributed by atoms with Gasteiger partial charge in [0.05, 0.1) is 18.8 Å². The van der Waals surface area contributed by atoms with E-state index in [0.29, 0.717) is 16.9 Å². The lowest BCUT2D eigenvalue weighted by Crippen LogP contribution is -2.37. The minimum absolute atomic E-state index is 0.0527. The van der Waals surface area contributed by atoms with E-state index in [1.54, 1.807) is 25.5 Å². The van der Waals surface area contributed by atoms with Gasteiger partial charge in [0, 0.05) is 30.2 Å². The van der Waals surface area contributed by atoms with Gasteiger partial charge in [-0.05, 0) is 18.2 Å². The quantitative estimate of drug-likeness (QED) is 0.846. The van der Waals surface area contributed by atoms with E-state index in [4.69, 9.17) is 9.15 Å². The van der Waals surface area contributed by atoms with Crippen LogP contribution in [0.1, 0.15) is 10.4 Å². The zero-order chi connectivity index (χ0) is 13.2.